The minimum Gasteiger partial charge on any atom is -0.481 e. The number of H-pyrrole nitrogens is 1. The molecule has 1 spiro atoms. The maximum absolute atomic E-state index is 12.6. The number of nitrogens with two attached hydrogens (primary N) is 1. The van der Waals surface area contributed by atoms with Gasteiger partial charge in [-0.05, 0) is 38.5 Å². The summed E-state index contributed by atoms with van der Waals surface area (Å²) >= 11 is 0. The quantitative estimate of drug-likeness (QED) is 0.845. The van der Waals surface area contributed by atoms with Crippen molar-refractivity contribution in [1.82, 2.24) is 19.9 Å². The number of methoxy groups -OCH3 is 1. The molecular weight excluding hydrogens is 344 g/mol. The largest absolute Gasteiger partial charge is 0.481 e. The minimum absolute atomic E-state index is 0.0591. The minimum atomic E-state index is -0.0849. The fourth-order valence-electron chi connectivity index (χ4n) is 4.64. The maximum atomic E-state index is 12.6. The topological polar surface area (TPSA) is 110 Å². The van der Waals surface area contributed by atoms with Crippen LogP contribution in [0.1, 0.15) is 55.1 Å². The summed E-state index contributed by atoms with van der Waals surface area (Å²) in [5, 5.41) is 0. The van der Waals surface area contributed by atoms with E-state index < -0.39 is 0 Å². The molecule has 2 aromatic heterocycles. The number of piperidine rings is 1. The lowest BCUT2D eigenvalue weighted by atomic mass is 9.77. The molecule has 0 amide bonds. The molecule has 2 aliphatic carbocycles. The fraction of sp³-hybridized carbons (Fsp3) is 0.579. The van der Waals surface area contributed by atoms with Crippen molar-refractivity contribution in [2.75, 3.05) is 30.8 Å². The van der Waals surface area contributed by atoms with Crippen LogP contribution in [0.5, 0.6) is 5.88 Å². The van der Waals surface area contributed by atoms with Crippen LogP contribution in [0.2, 0.25) is 0 Å². The number of anilines is 2. The number of aromatic nitrogens is 4. The van der Waals surface area contributed by atoms with Crippen molar-refractivity contribution in [3.05, 3.63) is 33.5 Å². The van der Waals surface area contributed by atoms with Gasteiger partial charge in [0.05, 0.1) is 12.8 Å². The van der Waals surface area contributed by atoms with Gasteiger partial charge in [0.1, 0.15) is 11.6 Å². The molecule has 2 fully saturated rings. The van der Waals surface area contributed by atoms with Crippen molar-refractivity contribution in [1.29, 1.82) is 0 Å². The van der Waals surface area contributed by atoms with E-state index in [0.29, 0.717) is 11.8 Å². The summed E-state index contributed by atoms with van der Waals surface area (Å²) in [7, 11) is 1.58. The summed E-state index contributed by atoms with van der Waals surface area (Å²) in [6.45, 7) is 1.69. The molecule has 0 aromatic carbocycles. The maximum Gasteiger partial charge on any atom is 0.254 e. The number of hydrogen-bond acceptors (Lipinski definition) is 7. The number of aromatic amines is 1. The Bertz CT molecular complexity index is 954. The van der Waals surface area contributed by atoms with Crippen LogP contribution in [-0.2, 0) is 11.8 Å². The Morgan fingerprint density at radius 1 is 1.30 bits per heavy atom. The lowest BCUT2D eigenvalue weighted by Gasteiger charge is -2.41. The summed E-state index contributed by atoms with van der Waals surface area (Å²) in [6.07, 6.45) is 6.09. The summed E-state index contributed by atoms with van der Waals surface area (Å²) in [5.74, 6) is 2.77. The summed E-state index contributed by atoms with van der Waals surface area (Å²) < 4.78 is 5.25. The zero-order chi connectivity index (χ0) is 18.6. The van der Waals surface area contributed by atoms with Crippen molar-refractivity contribution in [2.45, 2.75) is 49.9 Å². The molecule has 2 aromatic rings. The normalized spacial score (nSPS) is 24.3. The molecular formula is C19H24N6O2. The highest BCUT2D eigenvalue weighted by Crippen LogP contribution is 2.45. The number of ether oxygens (including phenoxy) is 1. The third-order valence-corrected chi connectivity index (χ3v) is 6.17. The lowest BCUT2D eigenvalue weighted by molar-refractivity contribution is 0.332. The molecule has 3 heterocycles. The summed E-state index contributed by atoms with van der Waals surface area (Å²) in [6, 6.07) is 1.83. The van der Waals surface area contributed by atoms with Gasteiger partial charge in [0.15, 0.2) is 0 Å². The van der Waals surface area contributed by atoms with Crippen LogP contribution in [0.4, 0.5) is 11.8 Å². The smallest absolute Gasteiger partial charge is 0.254 e. The van der Waals surface area contributed by atoms with E-state index in [0.717, 1.165) is 74.5 Å². The SMILES string of the molecule is COc1cc(N2CCCC3(CCc4c3nc(C3CC3)[nH]c4=O)C2)nc(N)n1. The average Bonchev–Trinajstić information content (AvgIpc) is 3.46. The molecule has 0 radical (unpaired) electrons. The van der Waals surface area contributed by atoms with Crippen molar-refractivity contribution >= 4 is 11.8 Å². The molecule has 1 saturated carbocycles. The molecule has 3 N–H and O–H groups in total. The molecule has 1 atom stereocenters. The first-order chi connectivity index (χ1) is 13.1. The molecule has 142 valence electrons. The summed E-state index contributed by atoms with van der Waals surface area (Å²) in [4.78, 5) is 31.3. The third kappa shape index (κ3) is 2.74. The van der Waals surface area contributed by atoms with Crippen LogP contribution in [0.3, 0.4) is 0 Å². The van der Waals surface area contributed by atoms with Gasteiger partial charge in [0.2, 0.25) is 11.8 Å². The monoisotopic (exact) mass is 368 g/mol. The Labute approximate surface area is 157 Å². The van der Waals surface area contributed by atoms with Gasteiger partial charge in [0, 0.05) is 36.1 Å². The number of nitrogens with one attached hydrogen (secondary N) is 1. The first kappa shape index (κ1) is 16.5. The molecule has 3 aliphatic rings. The van der Waals surface area contributed by atoms with E-state index in [1.807, 2.05) is 6.07 Å². The highest BCUT2D eigenvalue weighted by molar-refractivity contribution is 5.48. The average molecular weight is 368 g/mol. The van der Waals surface area contributed by atoms with E-state index in [1.165, 1.54) is 0 Å². The van der Waals surface area contributed by atoms with Crippen LogP contribution in [0.25, 0.3) is 0 Å². The van der Waals surface area contributed by atoms with Crippen molar-refractivity contribution in [2.24, 2.45) is 0 Å². The first-order valence-electron chi connectivity index (χ1n) is 9.65. The van der Waals surface area contributed by atoms with Gasteiger partial charge in [0.25, 0.3) is 5.56 Å². The number of nitrogen functional groups attached to an aromatic ring is 1. The first-order valence-corrected chi connectivity index (χ1v) is 9.65. The third-order valence-electron chi connectivity index (χ3n) is 6.17. The second-order valence-corrected chi connectivity index (χ2v) is 7.98. The van der Waals surface area contributed by atoms with Crippen LogP contribution < -0.4 is 20.9 Å². The molecule has 8 heteroatoms. The highest BCUT2D eigenvalue weighted by Gasteiger charge is 2.45. The molecule has 8 nitrogen and oxygen atoms in total. The van der Waals surface area contributed by atoms with Crippen LogP contribution in [0, 0.1) is 0 Å². The van der Waals surface area contributed by atoms with E-state index in [4.69, 9.17) is 15.5 Å². The van der Waals surface area contributed by atoms with E-state index in [-0.39, 0.29) is 16.9 Å². The second kappa shape index (κ2) is 5.94. The Morgan fingerprint density at radius 3 is 2.93 bits per heavy atom. The second-order valence-electron chi connectivity index (χ2n) is 7.98. The van der Waals surface area contributed by atoms with E-state index in [1.54, 1.807) is 7.11 Å². The summed E-state index contributed by atoms with van der Waals surface area (Å²) in [5.41, 5.74) is 7.73. The van der Waals surface area contributed by atoms with Gasteiger partial charge in [-0.15, -0.1) is 0 Å². The zero-order valence-electron chi connectivity index (χ0n) is 15.5. The van der Waals surface area contributed by atoms with Gasteiger partial charge in [-0.1, -0.05) is 0 Å². The van der Waals surface area contributed by atoms with Crippen molar-refractivity contribution in [3.63, 3.8) is 0 Å². The Balaban J connectivity index is 1.52. The van der Waals surface area contributed by atoms with Crippen molar-refractivity contribution < 1.29 is 4.74 Å². The van der Waals surface area contributed by atoms with E-state index in [9.17, 15) is 4.79 Å². The predicted octanol–water partition coefficient (Wildman–Crippen LogP) is 1.51. The van der Waals surface area contributed by atoms with E-state index >= 15 is 0 Å². The molecule has 27 heavy (non-hydrogen) atoms. The molecule has 0 bridgehead atoms. The Kier molecular flexibility index (Phi) is 3.63. The van der Waals surface area contributed by atoms with Crippen LogP contribution in [0.15, 0.2) is 10.9 Å². The number of fused-ring (bicyclic) bond motifs is 2. The zero-order valence-corrected chi connectivity index (χ0v) is 15.5. The Morgan fingerprint density at radius 2 is 2.15 bits per heavy atom. The molecule has 5 rings (SSSR count). The van der Waals surface area contributed by atoms with Crippen molar-refractivity contribution in [3.8, 4) is 5.88 Å². The van der Waals surface area contributed by atoms with Gasteiger partial charge in [-0.25, -0.2) is 4.98 Å². The molecule has 1 aliphatic heterocycles. The van der Waals surface area contributed by atoms with Gasteiger partial charge in [-0.3, -0.25) is 4.79 Å². The lowest BCUT2D eigenvalue weighted by Crippen LogP contribution is -2.46. The number of hydrogen-bond donors (Lipinski definition) is 2. The number of rotatable bonds is 3. The highest BCUT2D eigenvalue weighted by atomic mass is 16.5. The predicted molar refractivity (Wildman–Crippen MR) is 101 cm³/mol. The Hall–Kier alpha value is -2.64. The number of nitrogens with zero attached hydrogens (tertiary/aromatic N) is 4. The standard InChI is InChI=1S/C19H24N6O2/c1-27-14-9-13(21-18(20)22-14)25-8-2-6-19(10-25)7-5-12-15(19)23-16(11-3-4-11)24-17(12)26/h9,11H,2-8,10H2,1H3,(H2,20,21,22)(H,23,24,26). The van der Waals surface area contributed by atoms with Crippen LogP contribution >= 0.6 is 0 Å². The van der Waals surface area contributed by atoms with Gasteiger partial charge in [-0.2, -0.15) is 9.97 Å². The molecule has 1 saturated heterocycles. The van der Waals surface area contributed by atoms with Gasteiger partial charge < -0.3 is 20.4 Å². The molecule has 1 unspecified atom stereocenters. The fourth-order valence-corrected chi connectivity index (χ4v) is 4.64. The van der Waals surface area contributed by atoms with Gasteiger partial charge >= 0.3 is 0 Å². The van der Waals surface area contributed by atoms with E-state index in [2.05, 4.69) is 19.9 Å². The van der Waals surface area contributed by atoms with Crippen LogP contribution in [-0.4, -0.2) is 40.1 Å².